The minimum Gasteiger partial charge on any atom is -0.354 e. The molecule has 12 heteroatoms. The molecule has 0 spiro atoms. The smallest absolute Gasteiger partial charge is 0.246 e. The molecule has 2 amide bonds. The molecule has 0 saturated carbocycles. The van der Waals surface area contributed by atoms with Crippen molar-refractivity contribution in [3.8, 4) is 23.7 Å². The lowest BCUT2D eigenvalue weighted by atomic mass is 10.2. The largest absolute Gasteiger partial charge is 0.354 e. The zero-order valence-corrected chi connectivity index (χ0v) is 23.0. The summed E-state index contributed by atoms with van der Waals surface area (Å²) in [5.41, 5.74) is 1.82. The van der Waals surface area contributed by atoms with Crippen molar-refractivity contribution in [1.82, 2.24) is 40.1 Å². The topological polar surface area (TPSA) is 145 Å². The molecule has 1 aromatic carbocycles. The van der Waals surface area contributed by atoms with Crippen LogP contribution in [0.1, 0.15) is 30.9 Å². The van der Waals surface area contributed by atoms with E-state index >= 15 is 0 Å². The Morgan fingerprint density at radius 1 is 1.15 bits per heavy atom. The molecule has 0 aliphatic rings. The van der Waals surface area contributed by atoms with Crippen LogP contribution in [0.25, 0.3) is 5.82 Å². The molecule has 3 aromatic rings. The van der Waals surface area contributed by atoms with Gasteiger partial charge < -0.3 is 20.4 Å². The quantitative estimate of drug-likeness (QED) is 0.212. The third-order valence-corrected chi connectivity index (χ3v) is 5.69. The number of anilines is 2. The summed E-state index contributed by atoms with van der Waals surface area (Å²) in [6, 6.07) is 8.41. The summed E-state index contributed by atoms with van der Waals surface area (Å²) in [6.07, 6.45) is 9.07. The Bertz CT molecular complexity index is 1410. The van der Waals surface area contributed by atoms with Gasteiger partial charge in [-0.3, -0.25) is 9.59 Å². The summed E-state index contributed by atoms with van der Waals surface area (Å²) < 4.78 is 0. The molecular weight excluding hydrogens is 508 g/mol. The maximum Gasteiger partial charge on any atom is 0.246 e. The van der Waals surface area contributed by atoms with E-state index < -0.39 is 6.04 Å². The second kappa shape index (κ2) is 14.8. The van der Waals surface area contributed by atoms with Gasteiger partial charge in [-0.2, -0.15) is 20.4 Å². The van der Waals surface area contributed by atoms with E-state index in [-0.39, 0.29) is 11.8 Å². The van der Waals surface area contributed by atoms with Crippen LogP contribution in [-0.2, 0) is 9.59 Å². The van der Waals surface area contributed by atoms with Gasteiger partial charge in [0.2, 0.25) is 17.8 Å². The highest BCUT2D eigenvalue weighted by molar-refractivity contribution is 5.92. The molecule has 0 aliphatic carbocycles. The Balaban J connectivity index is 1.55. The third-order valence-electron chi connectivity index (χ3n) is 5.69. The molecular formula is C28H32N10O2. The second-order valence-electron chi connectivity index (χ2n) is 9.05. The average molecular weight is 541 g/mol. The molecule has 2 aromatic heterocycles. The predicted molar refractivity (Wildman–Crippen MR) is 150 cm³/mol. The van der Waals surface area contributed by atoms with Crippen LogP contribution in [-0.4, -0.2) is 86.9 Å². The summed E-state index contributed by atoms with van der Waals surface area (Å²) in [6.45, 7) is 2.76. The minimum absolute atomic E-state index is 0.224. The third kappa shape index (κ3) is 8.75. The summed E-state index contributed by atoms with van der Waals surface area (Å²) in [5, 5.41) is 23.3. The van der Waals surface area contributed by atoms with Gasteiger partial charge in [-0.1, -0.05) is 17.9 Å². The number of likely N-dealkylation sites (N-methyl/N-ethyl adjacent to an activating group) is 2. The molecule has 3 rings (SSSR count). The monoisotopic (exact) mass is 540 g/mol. The van der Waals surface area contributed by atoms with Gasteiger partial charge in [-0.25, -0.2) is 4.98 Å². The van der Waals surface area contributed by atoms with Crippen LogP contribution in [0.4, 0.5) is 11.6 Å². The first-order chi connectivity index (χ1) is 19.3. The highest BCUT2D eigenvalue weighted by atomic mass is 16.2. The number of unbranched alkanes of at least 4 members (excludes halogenated alkanes) is 1. The summed E-state index contributed by atoms with van der Waals surface area (Å²) >= 11 is 0. The van der Waals surface area contributed by atoms with E-state index in [9.17, 15) is 9.59 Å². The number of carbonyl (C=O) groups is 2. The first-order valence-corrected chi connectivity index (χ1v) is 12.6. The number of hydrogen-bond acceptors (Lipinski definition) is 9. The molecule has 40 heavy (non-hydrogen) atoms. The van der Waals surface area contributed by atoms with Crippen molar-refractivity contribution >= 4 is 23.5 Å². The standard InChI is InChI=1S/C28H32N10O2/c1-21(37(4)25(39)10-8-18-36(2)3)27(40)30-15-7-5-6-9-23-20-31-28(35-26(23)38-32-16-17-33-38)34-24-13-11-22(19-29)12-14-24/h8,10-14,16-17,20-21H,5,7,15,18H2,1-4H3,(H,30,40)(H,31,34,35)/b10-8+/t21-/m0/s1. The van der Waals surface area contributed by atoms with Gasteiger partial charge in [0.05, 0.1) is 35.8 Å². The second-order valence-corrected chi connectivity index (χ2v) is 9.05. The van der Waals surface area contributed by atoms with Crippen molar-refractivity contribution < 1.29 is 9.59 Å². The van der Waals surface area contributed by atoms with Crippen LogP contribution in [0.3, 0.4) is 0 Å². The average Bonchev–Trinajstić information content (AvgIpc) is 3.49. The Labute approximate surface area is 233 Å². The molecule has 0 radical (unpaired) electrons. The van der Waals surface area contributed by atoms with Crippen LogP contribution >= 0.6 is 0 Å². The molecule has 0 aliphatic heterocycles. The lowest BCUT2D eigenvalue weighted by molar-refractivity contribution is -0.135. The number of nitrogens with zero attached hydrogens (tertiary/aromatic N) is 8. The molecule has 0 fully saturated rings. The maximum absolute atomic E-state index is 12.5. The normalized spacial score (nSPS) is 11.4. The van der Waals surface area contributed by atoms with E-state index in [0.717, 1.165) is 5.69 Å². The number of carbonyl (C=O) groups excluding carboxylic acids is 2. The fourth-order valence-corrected chi connectivity index (χ4v) is 3.30. The fourth-order valence-electron chi connectivity index (χ4n) is 3.30. The first kappa shape index (κ1) is 29.5. The van der Waals surface area contributed by atoms with Gasteiger partial charge in [0.25, 0.3) is 0 Å². The molecule has 2 heterocycles. The molecule has 1 atom stereocenters. The Morgan fingerprint density at radius 3 is 2.55 bits per heavy atom. The van der Waals surface area contributed by atoms with Crippen molar-refractivity contribution in [2.75, 3.05) is 39.5 Å². The van der Waals surface area contributed by atoms with E-state index in [4.69, 9.17) is 5.26 Å². The Kier molecular flexibility index (Phi) is 10.9. The van der Waals surface area contributed by atoms with Gasteiger partial charge in [0.15, 0.2) is 5.82 Å². The fraction of sp³-hybridized carbons (Fsp3) is 0.321. The Morgan fingerprint density at radius 2 is 1.88 bits per heavy atom. The maximum atomic E-state index is 12.5. The van der Waals surface area contributed by atoms with E-state index in [1.807, 2.05) is 19.0 Å². The van der Waals surface area contributed by atoms with Gasteiger partial charge in [-0.05, 0) is 51.7 Å². The number of amides is 2. The van der Waals surface area contributed by atoms with Crippen LogP contribution in [0.5, 0.6) is 0 Å². The number of hydrogen-bond donors (Lipinski definition) is 2. The van der Waals surface area contributed by atoms with Crippen molar-refractivity contribution in [1.29, 1.82) is 5.26 Å². The van der Waals surface area contributed by atoms with E-state index in [1.165, 1.54) is 15.8 Å². The first-order valence-electron chi connectivity index (χ1n) is 12.6. The Hall–Kier alpha value is -5.07. The number of nitrogens with one attached hydrogen (secondary N) is 2. The SMILES string of the molecule is C[C@@H](C(=O)NCCCC#Cc1cnc(Nc2ccc(C#N)cc2)nc1-n1nccn1)N(C)C(=O)/C=C/CN(C)C. The number of benzene rings is 1. The zero-order chi connectivity index (χ0) is 28.9. The molecule has 0 bridgehead atoms. The lowest BCUT2D eigenvalue weighted by Gasteiger charge is -2.23. The lowest BCUT2D eigenvalue weighted by Crippen LogP contribution is -2.45. The van der Waals surface area contributed by atoms with Crippen LogP contribution < -0.4 is 10.6 Å². The van der Waals surface area contributed by atoms with Crippen LogP contribution in [0.2, 0.25) is 0 Å². The van der Waals surface area contributed by atoms with E-state index in [1.54, 1.807) is 62.9 Å². The molecule has 2 N–H and O–H groups in total. The minimum atomic E-state index is -0.597. The number of aromatic nitrogens is 5. The van der Waals surface area contributed by atoms with Crippen LogP contribution in [0, 0.1) is 23.2 Å². The van der Waals surface area contributed by atoms with Gasteiger partial charge in [0, 0.05) is 38.3 Å². The van der Waals surface area contributed by atoms with Crippen molar-refractivity contribution in [2.24, 2.45) is 0 Å². The van der Waals surface area contributed by atoms with Gasteiger partial charge in [0.1, 0.15) is 6.04 Å². The highest BCUT2D eigenvalue weighted by Gasteiger charge is 2.20. The van der Waals surface area contributed by atoms with Crippen molar-refractivity contribution in [3.63, 3.8) is 0 Å². The molecule has 0 saturated heterocycles. The highest BCUT2D eigenvalue weighted by Crippen LogP contribution is 2.16. The molecule has 12 nitrogen and oxygen atoms in total. The van der Waals surface area contributed by atoms with Gasteiger partial charge in [-0.15, -0.1) is 4.80 Å². The molecule has 206 valence electrons. The summed E-state index contributed by atoms with van der Waals surface area (Å²) in [5.74, 6) is 6.44. The number of rotatable bonds is 11. The van der Waals surface area contributed by atoms with Crippen molar-refractivity contribution in [2.45, 2.75) is 25.8 Å². The predicted octanol–water partition coefficient (Wildman–Crippen LogP) is 1.89. The van der Waals surface area contributed by atoms with Crippen molar-refractivity contribution in [3.05, 3.63) is 66.1 Å². The zero-order valence-electron chi connectivity index (χ0n) is 23.0. The number of nitriles is 1. The van der Waals surface area contributed by atoms with E-state index in [0.29, 0.717) is 48.8 Å². The van der Waals surface area contributed by atoms with E-state index in [2.05, 4.69) is 48.7 Å². The summed E-state index contributed by atoms with van der Waals surface area (Å²) in [7, 11) is 5.43. The summed E-state index contributed by atoms with van der Waals surface area (Å²) in [4.78, 5) is 38.3. The van der Waals surface area contributed by atoms with Gasteiger partial charge >= 0.3 is 0 Å². The molecule has 0 unspecified atom stereocenters. The van der Waals surface area contributed by atoms with Crippen LogP contribution in [0.15, 0.2) is 55.0 Å².